The van der Waals surface area contributed by atoms with Gasteiger partial charge in [-0.15, -0.1) is 0 Å². The maximum Gasteiger partial charge on any atom is 0.148 e. The predicted octanol–water partition coefficient (Wildman–Crippen LogP) is 5.56. The van der Waals surface area contributed by atoms with Crippen molar-refractivity contribution < 1.29 is 4.74 Å². The second-order valence-electron chi connectivity index (χ2n) is 4.12. The molecule has 0 heterocycles. The van der Waals surface area contributed by atoms with Gasteiger partial charge in [0, 0.05) is 22.2 Å². The standard InChI is InChI=1S/C14H11Br2Cl2NO/c15-11-3-8(6-19)4-12(16)14(11)20-7-9-1-2-10(17)5-13(9)18/h1-5H,6-7,19H2. The predicted molar refractivity (Wildman–Crippen MR) is 90.5 cm³/mol. The Kier molecular flexibility index (Phi) is 5.75. The molecule has 2 rings (SSSR count). The molecule has 0 amide bonds. The minimum absolute atomic E-state index is 0.356. The molecule has 0 aliphatic heterocycles. The van der Waals surface area contributed by atoms with Gasteiger partial charge in [0.05, 0.1) is 8.95 Å². The Morgan fingerprint density at radius 1 is 1.05 bits per heavy atom. The zero-order valence-corrected chi connectivity index (χ0v) is 15.0. The summed E-state index contributed by atoms with van der Waals surface area (Å²) < 4.78 is 7.50. The van der Waals surface area contributed by atoms with Crippen molar-refractivity contribution in [1.82, 2.24) is 0 Å². The molecule has 2 aromatic rings. The third-order valence-electron chi connectivity index (χ3n) is 2.68. The number of nitrogens with two attached hydrogens (primary N) is 1. The number of rotatable bonds is 4. The van der Waals surface area contributed by atoms with Gasteiger partial charge >= 0.3 is 0 Å². The number of hydrogen-bond donors (Lipinski definition) is 1. The summed E-state index contributed by atoms with van der Waals surface area (Å²) in [7, 11) is 0. The van der Waals surface area contributed by atoms with Gasteiger partial charge in [-0.1, -0.05) is 29.3 Å². The summed E-state index contributed by atoms with van der Waals surface area (Å²) in [6, 6.07) is 9.20. The normalized spacial score (nSPS) is 10.7. The van der Waals surface area contributed by atoms with Gasteiger partial charge in [0.1, 0.15) is 12.4 Å². The van der Waals surface area contributed by atoms with E-state index in [1.165, 1.54) is 0 Å². The van der Waals surface area contributed by atoms with E-state index in [2.05, 4.69) is 31.9 Å². The summed E-state index contributed by atoms with van der Waals surface area (Å²) in [4.78, 5) is 0. The van der Waals surface area contributed by atoms with Crippen molar-refractivity contribution >= 4 is 55.1 Å². The van der Waals surface area contributed by atoms with Crippen LogP contribution in [0.15, 0.2) is 39.3 Å². The van der Waals surface area contributed by atoms with Crippen LogP contribution in [0, 0.1) is 0 Å². The molecule has 0 saturated heterocycles. The Morgan fingerprint density at radius 2 is 1.70 bits per heavy atom. The average Bonchev–Trinajstić information content (AvgIpc) is 2.39. The first kappa shape index (κ1) is 16.1. The third-order valence-corrected chi connectivity index (χ3v) is 4.45. The molecule has 0 saturated carbocycles. The lowest BCUT2D eigenvalue weighted by Crippen LogP contribution is -2.00. The molecule has 0 aromatic heterocycles. The first-order valence-electron chi connectivity index (χ1n) is 5.76. The summed E-state index contributed by atoms with van der Waals surface area (Å²) >= 11 is 18.9. The van der Waals surface area contributed by atoms with Crippen LogP contribution in [0.25, 0.3) is 0 Å². The van der Waals surface area contributed by atoms with Crippen LogP contribution in [0.2, 0.25) is 10.0 Å². The number of halogens is 4. The lowest BCUT2D eigenvalue weighted by Gasteiger charge is -2.12. The van der Waals surface area contributed by atoms with Crippen LogP contribution in [0.1, 0.15) is 11.1 Å². The van der Waals surface area contributed by atoms with E-state index in [4.69, 9.17) is 33.7 Å². The van der Waals surface area contributed by atoms with E-state index in [-0.39, 0.29) is 0 Å². The molecule has 0 atom stereocenters. The van der Waals surface area contributed by atoms with Gasteiger partial charge in [0.15, 0.2) is 0 Å². The van der Waals surface area contributed by atoms with E-state index >= 15 is 0 Å². The Bertz CT molecular complexity index is 612. The fraction of sp³-hybridized carbons (Fsp3) is 0.143. The highest BCUT2D eigenvalue weighted by atomic mass is 79.9. The fourth-order valence-corrected chi connectivity index (χ4v) is 3.63. The van der Waals surface area contributed by atoms with E-state index in [0.29, 0.717) is 28.9 Å². The van der Waals surface area contributed by atoms with E-state index in [1.807, 2.05) is 18.2 Å². The maximum atomic E-state index is 6.12. The van der Waals surface area contributed by atoms with Crippen LogP contribution < -0.4 is 10.5 Å². The van der Waals surface area contributed by atoms with Crippen LogP contribution >= 0.6 is 55.1 Å². The zero-order valence-electron chi connectivity index (χ0n) is 10.3. The van der Waals surface area contributed by atoms with Gasteiger partial charge in [0.2, 0.25) is 0 Å². The van der Waals surface area contributed by atoms with Crippen molar-refractivity contribution in [3.63, 3.8) is 0 Å². The highest BCUT2D eigenvalue weighted by molar-refractivity contribution is 9.11. The smallest absolute Gasteiger partial charge is 0.148 e. The maximum absolute atomic E-state index is 6.12. The SMILES string of the molecule is NCc1cc(Br)c(OCc2ccc(Cl)cc2Cl)c(Br)c1. The van der Waals surface area contributed by atoms with Crippen LogP contribution in [0.4, 0.5) is 0 Å². The Morgan fingerprint density at radius 3 is 2.25 bits per heavy atom. The van der Waals surface area contributed by atoms with E-state index in [9.17, 15) is 0 Å². The number of ether oxygens (including phenoxy) is 1. The molecule has 0 fully saturated rings. The minimum atomic E-state index is 0.356. The van der Waals surface area contributed by atoms with Gasteiger partial charge in [0.25, 0.3) is 0 Å². The van der Waals surface area contributed by atoms with Gasteiger partial charge in [-0.25, -0.2) is 0 Å². The van der Waals surface area contributed by atoms with Crippen molar-refractivity contribution in [2.24, 2.45) is 5.73 Å². The molecule has 2 N–H and O–H groups in total. The van der Waals surface area contributed by atoms with Crippen molar-refractivity contribution in [2.75, 3.05) is 0 Å². The van der Waals surface area contributed by atoms with Gasteiger partial charge < -0.3 is 10.5 Å². The highest BCUT2D eigenvalue weighted by Crippen LogP contribution is 2.35. The fourth-order valence-electron chi connectivity index (χ4n) is 1.66. The van der Waals surface area contributed by atoms with Gasteiger partial charge in [-0.05, 0) is 61.7 Å². The molecule has 6 heteroatoms. The molecule has 106 valence electrons. The lowest BCUT2D eigenvalue weighted by atomic mass is 10.2. The molecule has 2 aromatic carbocycles. The number of hydrogen-bond acceptors (Lipinski definition) is 2. The Labute approximate surface area is 144 Å². The molecule has 2 nitrogen and oxygen atoms in total. The van der Waals surface area contributed by atoms with Crippen molar-refractivity contribution in [1.29, 1.82) is 0 Å². The second-order valence-corrected chi connectivity index (χ2v) is 6.67. The highest BCUT2D eigenvalue weighted by Gasteiger charge is 2.10. The van der Waals surface area contributed by atoms with E-state index in [0.717, 1.165) is 20.1 Å². The largest absolute Gasteiger partial charge is 0.486 e. The van der Waals surface area contributed by atoms with Crippen LogP contribution in [-0.4, -0.2) is 0 Å². The molecular weight excluding hydrogens is 429 g/mol. The number of benzene rings is 2. The third kappa shape index (κ3) is 3.89. The molecule has 0 radical (unpaired) electrons. The summed E-state index contributed by atoms with van der Waals surface area (Å²) in [6.07, 6.45) is 0. The first-order chi connectivity index (χ1) is 9.51. The van der Waals surface area contributed by atoms with Crippen molar-refractivity contribution in [3.8, 4) is 5.75 Å². The topological polar surface area (TPSA) is 35.2 Å². The molecule has 20 heavy (non-hydrogen) atoms. The van der Waals surface area contributed by atoms with Crippen molar-refractivity contribution in [3.05, 3.63) is 60.4 Å². The molecular formula is C14H11Br2Cl2NO. The van der Waals surface area contributed by atoms with Crippen LogP contribution in [-0.2, 0) is 13.2 Å². The molecule has 0 unspecified atom stereocenters. The summed E-state index contributed by atoms with van der Waals surface area (Å²) in [5.74, 6) is 0.716. The Hall–Kier alpha value is -0.260. The van der Waals surface area contributed by atoms with E-state index in [1.54, 1.807) is 12.1 Å². The summed E-state index contributed by atoms with van der Waals surface area (Å²) in [5, 5.41) is 1.19. The monoisotopic (exact) mass is 437 g/mol. The van der Waals surface area contributed by atoms with Gasteiger partial charge in [-0.2, -0.15) is 0 Å². The molecule has 0 bridgehead atoms. The molecule has 0 aliphatic rings. The second kappa shape index (κ2) is 7.14. The van der Waals surface area contributed by atoms with Crippen LogP contribution in [0.5, 0.6) is 5.75 Å². The first-order valence-corrected chi connectivity index (χ1v) is 8.10. The Balaban J connectivity index is 2.19. The molecule has 0 aliphatic carbocycles. The van der Waals surface area contributed by atoms with Crippen molar-refractivity contribution in [2.45, 2.75) is 13.2 Å². The quantitative estimate of drug-likeness (QED) is 0.677. The lowest BCUT2D eigenvalue weighted by molar-refractivity contribution is 0.302. The van der Waals surface area contributed by atoms with E-state index < -0.39 is 0 Å². The van der Waals surface area contributed by atoms with Crippen LogP contribution in [0.3, 0.4) is 0 Å². The zero-order chi connectivity index (χ0) is 14.7. The average molecular weight is 440 g/mol. The summed E-state index contributed by atoms with van der Waals surface area (Å²) in [5.41, 5.74) is 7.51. The molecule has 0 spiro atoms. The summed E-state index contributed by atoms with van der Waals surface area (Å²) in [6.45, 7) is 0.829. The van der Waals surface area contributed by atoms with Gasteiger partial charge in [-0.3, -0.25) is 0 Å². The minimum Gasteiger partial charge on any atom is -0.486 e.